The van der Waals surface area contributed by atoms with Crippen LogP contribution in [0.3, 0.4) is 0 Å². The molecule has 2 N–H and O–H groups in total. The van der Waals surface area contributed by atoms with Gasteiger partial charge in [0.05, 0.1) is 12.7 Å². The minimum Gasteiger partial charge on any atom is -0.383 e. The molecule has 0 bridgehead atoms. The normalized spacial score (nSPS) is 18.8. The standard InChI is InChI=1S/C8H10N2O.C2H6/c1-5-7-6(4-11-5)2-3-10-8(7)9;1-2/h2-3,5H,4H2,1H3,(H2,9,10);1-2H3. The van der Waals surface area contributed by atoms with E-state index in [9.17, 15) is 0 Å². The van der Waals surface area contributed by atoms with Crippen LogP contribution in [0.2, 0.25) is 0 Å². The molecule has 13 heavy (non-hydrogen) atoms. The van der Waals surface area contributed by atoms with E-state index < -0.39 is 0 Å². The van der Waals surface area contributed by atoms with Crippen molar-refractivity contribution in [2.24, 2.45) is 0 Å². The molecule has 3 heteroatoms. The molecule has 0 spiro atoms. The predicted molar refractivity (Wildman–Crippen MR) is 53.2 cm³/mol. The summed E-state index contributed by atoms with van der Waals surface area (Å²) in [7, 11) is 0. The number of nitrogens with two attached hydrogens (primary N) is 1. The third-order valence-electron chi connectivity index (χ3n) is 2.01. The summed E-state index contributed by atoms with van der Waals surface area (Å²) in [4.78, 5) is 4.00. The highest BCUT2D eigenvalue weighted by atomic mass is 16.5. The van der Waals surface area contributed by atoms with E-state index in [0.29, 0.717) is 12.4 Å². The summed E-state index contributed by atoms with van der Waals surface area (Å²) in [5.41, 5.74) is 7.90. The molecule has 1 aliphatic rings. The van der Waals surface area contributed by atoms with Gasteiger partial charge in [0, 0.05) is 11.8 Å². The van der Waals surface area contributed by atoms with Crippen molar-refractivity contribution in [2.45, 2.75) is 33.5 Å². The van der Waals surface area contributed by atoms with E-state index in [4.69, 9.17) is 10.5 Å². The molecule has 0 saturated carbocycles. The van der Waals surface area contributed by atoms with Crippen molar-refractivity contribution in [2.75, 3.05) is 5.73 Å². The Kier molecular flexibility index (Phi) is 3.25. The van der Waals surface area contributed by atoms with Crippen LogP contribution in [0.25, 0.3) is 0 Å². The van der Waals surface area contributed by atoms with Crippen molar-refractivity contribution >= 4 is 5.82 Å². The largest absolute Gasteiger partial charge is 0.383 e. The van der Waals surface area contributed by atoms with E-state index in [2.05, 4.69) is 4.98 Å². The molecule has 1 aromatic rings. The van der Waals surface area contributed by atoms with E-state index in [1.807, 2.05) is 26.8 Å². The van der Waals surface area contributed by atoms with Gasteiger partial charge in [-0.05, 0) is 18.6 Å². The molecule has 0 aliphatic carbocycles. The SMILES string of the molecule is CC.CC1OCc2ccnc(N)c21. The summed E-state index contributed by atoms with van der Waals surface area (Å²) >= 11 is 0. The van der Waals surface area contributed by atoms with Crippen LogP contribution in [0.4, 0.5) is 5.82 Å². The monoisotopic (exact) mass is 180 g/mol. The number of hydrogen-bond donors (Lipinski definition) is 1. The van der Waals surface area contributed by atoms with Gasteiger partial charge in [-0.25, -0.2) is 4.98 Å². The van der Waals surface area contributed by atoms with Crippen molar-refractivity contribution in [1.29, 1.82) is 0 Å². The van der Waals surface area contributed by atoms with Crippen molar-refractivity contribution in [3.05, 3.63) is 23.4 Å². The lowest BCUT2D eigenvalue weighted by Crippen LogP contribution is -1.98. The number of fused-ring (bicyclic) bond motifs is 1. The van der Waals surface area contributed by atoms with Gasteiger partial charge in [-0.3, -0.25) is 0 Å². The summed E-state index contributed by atoms with van der Waals surface area (Å²) in [6, 6.07) is 1.95. The summed E-state index contributed by atoms with van der Waals surface area (Å²) < 4.78 is 5.38. The molecule has 3 nitrogen and oxygen atoms in total. The first-order valence-electron chi connectivity index (χ1n) is 4.64. The molecule has 0 amide bonds. The number of nitrogens with zero attached hydrogens (tertiary/aromatic N) is 1. The lowest BCUT2D eigenvalue weighted by atomic mass is 10.1. The highest BCUT2D eigenvalue weighted by molar-refractivity contribution is 5.47. The molecular formula is C10H16N2O. The molecule has 0 fully saturated rings. The molecule has 1 unspecified atom stereocenters. The number of pyridine rings is 1. The molecule has 0 radical (unpaired) electrons. The Morgan fingerprint density at radius 3 is 2.85 bits per heavy atom. The Morgan fingerprint density at radius 1 is 1.54 bits per heavy atom. The molecular weight excluding hydrogens is 164 g/mol. The van der Waals surface area contributed by atoms with Gasteiger partial charge in [-0.15, -0.1) is 0 Å². The van der Waals surface area contributed by atoms with Gasteiger partial charge in [-0.2, -0.15) is 0 Å². The zero-order chi connectivity index (χ0) is 9.84. The third kappa shape index (κ3) is 1.80. The van der Waals surface area contributed by atoms with Crippen LogP contribution in [0.1, 0.15) is 38.0 Å². The molecule has 1 atom stereocenters. The van der Waals surface area contributed by atoms with Crippen LogP contribution in [-0.4, -0.2) is 4.98 Å². The number of ether oxygens (including phenoxy) is 1. The Hall–Kier alpha value is -1.09. The first-order chi connectivity index (χ1) is 6.29. The second kappa shape index (κ2) is 4.23. The summed E-state index contributed by atoms with van der Waals surface area (Å²) in [5, 5.41) is 0. The van der Waals surface area contributed by atoms with Crippen LogP contribution in [0.5, 0.6) is 0 Å². The van der Waals surface area contributed by atoms with E-state index in [-0.39, 0.29) is 6.10 Å². The fourth-order valence-electron chi connectivity index (χ4n) is 1.42. The number of anilines is 1. The van der Waals surface area contributed by atoms with Gasteiger partial charge in [0.2, 0.25) is 0 Å². The molecule has 0 aromatic carbocycles. The first kappa shape index (κ1) is 9.99. The minimum atomic E-state index is 0.110. The average Bonchev–Trinajstić information content (AvgIpc) is 2.53. The first-order valence-corrected chi connectivity index (χ1v) is 4.64. The Morgan fingerprint density at radius 2 is 2.23 bits per heavy atom. The molecule has 1 aromatic heterocycles. The maximum Gasteiger partial charge on any atom is 0.129 e. The number of hydrogen-bond acceptors (Lipinski definition) is 3. The smallest absolute Gasteiger partial charge is 0.129 e. The maximum atomic E-state index is 5.67. The number of rotatable bonds is 0. The summed E-state index contributed by atoms with van der Waals surface area (Å²) in [5.74, 6) is 0.604. The lowest BCUT2D eigenvalue weighted by Gasteiger charge is -2.04. The van der Waals surface area contributed by atoms with Gasteiger partial charge in [0.25, 0.3) is 0 Å². The molecule has 2 heterocycles. The van der Waals surface area contributed by atoms with Crippen LogP contribution < -0.4 is 5.73 Å². The van der Waals surface area contributed by atoms with E-state index >= 15 is 0 Å². The fourth-order valence-corrected chi connectivity index (χ4v) is 1.42. The Balaban J connectivity index is 0.000000396. The van der Waals surface area contributed by atoms with Gasteiger partial charge in [0.1, 0.15) is 5.82 Å². The van der Waals surface area contributed by atoms with Crippen molar-refractivity contribution in [1.82, 2.24) is 4.98 Å². The van der Waals surface area contributed by atoms with Gasteiger partial charge < -0.3 is 10.5 Å². The molecule has 2 rings (SSSR count). The third-order valence-corrected chi connectivity index (χ3v) is 2.01. The predicted octanol–water partition coefficient (Wildman–Crippen LogP) is 2.28. The highest BCUT2D eigenvalue weighted by Crippen LogP contribution is 2.32. The van der Waals surface area contributed by atoms with Crippen LogP contribution >= 0.6 is 0 Å². The Bertz CT molecular complexity index is 286. The second-order valence-corrected chi connectivity index (χ2v) is 2.72. The zero-order valence-electron chi connectivity index (χ0n) is 8.37. The van der Waals surface area contributed by atoms with Crippen molar-refractivity contribution in [3.8, 4) is 0 Å². The van der Waals surface area contributed by atoms with Crippen LogP contribution in [0, 0.1) is 0 Å². The molecule has 72 valence electrons. The van der Waals surface area contributed by atoms with Crippen LogP contribution in [0.15, 0.2) is 12.3 Å². The van der Waals surface area contributed by atoms with Crippen molar-refractivity contribution < 1.29 is 4.74 Å². The van der Waals surface area contributed by atoms with Gasteiger partial charge in [0.15, 0.2) is 0 Å². The summed E-state index contributed by atoms with van der Waals surface area (Å²) in [6.07, 6.45) is 1.83. The Labute approximate surface area is 78.9 Å². The average molecular weight is 180 g/mol. The fraction of sp³-hybridized carbons (Fsp3) is 0.500. The van der Waals surface area contributed by atoms with Gasteiger partial charge >= 0.3 is 0 Å². The van der Waals surface area contributed by atoms with Gasteiger partial charge in [-0.1, -0.05) is 13.8 Å². The molecule has 0 saturated heterocycles. The quantitative estimate of drug-likeness (QED) is 0.666. The highest BCUT2D eigenvalue weighted by Gasteiger charge is 2.21. The van der Waals surface area contributed by atoms with E-state index in [1.54, 1.807) is 6.20 Å². The number of aromatic nitrogens is 1. The second-order valence-electron chi connectivity index (χ2n) is 2.72. The zero-order valence-corrected chi connectivity index (χ0v) is 8.37. The van der Waals surface area contributed by atoms with E-state index in [0.717, 1.165) is 5.56 Å². The lowest BCUT2D eigenvalue weighted by molar-refractivity contribution is 0.0798. The van der Waals surface area contributed by atoms with E-state index in [1.165, 1.54) is 5.56 Å². The topological polar surface area (TPSA) is 48.1 Å². The minimum absolute atomic E-state index is 0.110. The maximum absolute atomic E-state index is 5.67. The number of nitrogen functional groups attached to an aromatic ring is 1. The van der Waals surface area contributed by atoms with Crippen molar-refractivity contribution in [3.63, 3.8) is 0 Å². The molecule has 1 aliphatic heterocycles. The summed E-state index contributed by atoms with van der Waals surface area (Å²) in [6.45, 7) is 6.66. The van der Waals surface area contributed by atoms with Crippen LogP contribution in [-0.2, 0) is 11.3 Å².